The summed E-state index contributed by atoms with van der Waals surface area (Å²) < 4.78 is 5.71. The van der Waals surface area contributed by atoms with E-state index < -0.39 is 0 Å². The van der Waals surface area contributed by atoms with Crippen LogP contribution in [-0.4, -0.2) is 28.0 Å². The summed E-state index contributed by atoms with van der Waals surface area (Å²) in [7, 11) is 0. The van der Waals surface area contributed by atoms with Crippen molar-refractivity contribution in [3.63, 3.8) is 0 Å². The third kappa shape index (κ3) is 2.61. The second-order valence-corrected chi connectivity index (χ2v) is 7.14. The molecule has 0 radical (unpaired) electrons. The van der Waals surface area contributed by atoms with Gasteiger partial charge in [0.05, 0.1) is 12.7 Å². The van der Waals surface area contributed by atoms with Crippen molar-refractivity contribution in [1.29, 1.82) is 0 Å². The van der Waals surface area contributed by atoms with Crippen LogP contribution in [0.25, 0.3) is 0 Å². The van der Waals surface area contributed by atoms with Gasteiger partial charge in [0.15, 0.2) is 5.89 Å². The van der Waals surface area contributed by atoms with Crippen LogP contribution < -0.4 is 5.32 Å². The van der Waals surface area contributed by atoms with Crippen LogP contribution in [0, 0.1) is 0 Å². The molecule has 5 heteroatoms. The summed E-state index contributed by atoms with van der Waals surface area (Å²) >= 11 is 0. The number of nitrogens with one attached hydrogen (secondary N) is 1. The van der Waals surface area contributed by atoms with Crippen molar-refractivity contribution >= 4 is 6.03 Å². The Kier molecular flexibility index (Phi) is 3.59. The highest BCUT2D eigenvalue weighted by Crippen LogP contribution is 2.41. The molecule has 1 aromatic rings. The number of likely N-dealkylation sites (tertiary alicyclic amines) is 1. The van der Waals surface area contributed by atoms with Crippen LogP contribution in [0.5, 0.6) is 0 Å². The third-order valence-electron chi connectivity index (χ3n) is 5.54. The zero-order valence-corrected chi connectivity index (χ0v) is 13.1. The van der Waals surface area contributed by atoms with Gasteiger partial charge >= 0.3 is 6.03 Å². The summed E-state index contributed by atoms with van der Waals surface area (Å²) in [6.45, 7) is 1.35. The summed E-state index contributed by atoms with van der Waals surface area (Å²) in [5.41, 5.74) is 0.142. The summed E-state index contributed by atoms with van der Waals surface area (Å²) in [5, 5.41) is 3.04. The molecule has 1 spiro atoms. The molecule has 3 fully saturated rings. The number of amides is 2. The van der Waals surface area contributed by atoms with Gasteiger partial charge in [-0.3, -0.25) is 0 Å². The average molecular weight is 303 g/mol. The predicted molar refractivity (Wildman–Crippen MR) is 82.5 cm³/mol. The molecular formula is C17H25N3O2. The maximum absolute atomic E-state index is 12.6. The maximum atomic E-state index is 12.6. The van der Waals surface area contributed by atoms with Crippen LogP contribution in [0.4, 0.5) is 4.79 Å². The smallest absolute Gasteiger partial charge is 0.318 e. The minimum Gasteiger partial charge on any atom is -0.444 e. The van der Waals surface area contributed by atoms with Crippen molar-refractivity contribution in [2.75, 3.05) is 6.54 Å². The number of carbonyl (C=O) groups excluding carboxylic acids is 1. The quantitative estimate of drug-likeness (QED) is 0.929. The Hall–Kier alpha value is -1.52. The topological polar surface area (TPSA) is 58.4 Å². The molecule has 2 aliphatic carbocycles. The van der Waals surface area contributed by atoms with Gasteiger partial charge in [-0.05, 0) is 38.5 Å². The van der Waals surface area contributed by atoms with E-state index in [1.54, 1.807) is 6.20 Å². The van der Waals surface area contributed by atoms with Gasteiger partial charge in [-0.1, -0.05) is 19.3 Å². The van der Waals surface area contributed by atoms with Crippen LogP contribution in [0.3, 0.4) is 0 Å². The van der Waals surface area contributed by atoms with Gasteiger partial charge in [0.1, 0.15) is 5.76 Å². The molecule has 1 saturated heterocycles. The molecule has 22 heavy (non-hydrogen) atoms. The largest absolute Gasteiger partial charge is 0.444 e. The molecule has 0 aromatic carbocycles. The summed E-state index contributed by atoms with van der Waals surface area (Å²) in [4.78, 5) is 19.0. The van der Waals surface area contributed by atoms with Crippen LogP contribution in [0.15, 0.2) is 10.6 Å². The fourth-order valence-corrected chi connectivity index (χ4v) is 4.17. The van der Waals surface area contributed by atoms with Gasteiger partial charge in [0.25, 0.3) is 0 Å². The Balaban J connectivity index is 1.36. The molecule has 1 N–H and O–H groups in total. The summed E-state index contributed by atoms with van der Waals surface area (Å²) in [6, 6.07) is 0.0729. The minimum absolute atomic E-state index is 0.0729. The van der Waals surface area contributed by atoms with E-state index in [9.17, 15) is 4.79 Å². The highest BCUT2D eigenvalue weighted by Gasteiger charge is 2.43. The molecule has 4 rings (SSSR count). The first kappa shape index (κ1) is 14.1. The van der Waals surface area contributed by atoms with E-state index in [-0.39, 0.29) is 11.6 Å². The van der Waals surface area contributed by atoms with Crippen molar-refractivity contribution in [3.05, 3.63) is 17.8 Å². The molecule has 0 atom stereocenters. The van der Waals surface area contributed by atoms with Gasteiger partial charge in [-0.25, -0.2) is 9.78 Å². The minimum atomic E-state index is 0.0729. The molecule has 1 aliphatic heterocycles. The van der Waals surface area contributed by atoms with Gasteiger partial charge in [0.2, 0.25) is 0 Å². The number of rotatable bonds is 3. The van der Waals surface area contributed by atoms with Gasteiger partial charge in [-0.2, -0.15) is 0 Å². The van der Waals surface area contributed by atoms with Gasteiger partial charge < -0.3 is 14.6 Å². The lowest BCUT2D eigenvalue weighted by Gasteiger charge is -2.41. The van der Waals surface area contributed by atoms with E-state index in [4.69, 9.17) is 4.42 Å². The molecule has 2 heterocycles. The lowest BCUT2D eigenvalue weighted by Crippen LogP contribution is -2.52. The molecule has 0 bridgehead atoms. The number of hydrogen-bond donors (Lipinski definition) is 1. The number of urea groups is 1. The normalized spacial score (nSPS) is 23.9. The van der Waals surface area contributed by atoms with E-state index in [0.717, 1.165) is 24.6 Å². The monoisotopic (exact) mass is 303 g/mol. The van der Waals surface area contributed by atoms with Crippen molar-refractivity contribution < 1.29 is 9.21 Å². The van der Waals surface area contributed by atoms with Crippen LogP contribution in [0.2, 0.25) is 0 Å². The highest BCUT2D eigenvalue weighted by molar-refractivity contribution is 5.75. The Labute approximate surface area is 131 Å². The van der Waals surface area contributed by atoms with E-state index in [0.29, 0.717) is 12.5 Å². The molecule has 0 unspecified atom stereocenters. The molecule has 120 valence electrons. The number of nitrogens with zero attached hydrogens (tertiary/aromatic N) is 2. The summed E-state index contributed by atoms with van der Waals surface area (Å²) in [5.74, 6) is 2.13. The Morgan fingerprint density at radius 3 is 2.82 bits per heavy atom. The molecule has 1 aromatic heterocycles. The number of oxazole rings is 1. The Morgan fingerprint density at radius 1 is 1.27 bits per heavy atom. The average Bonchev–Trinajstić information content (AvgIpc) is 3.15. The van der Waals surface area contributed by atoms with Crippen molar-refractivity contribution in [2.45, 2.75) is 75.8 Å². The highest BCUT2D eigenvalue weighted by atomic mass is 16.4. The lowest BCUT2D eigenvalue weighted by atomic mass is 9.80. The maximum Gasteiger partial charge on any atom is 0.318 e. The van der Waals surface area contributed by atoms with Crippen LogP contribution >= 0.6 is 0 Å². The first-order valence-electron chi connectivity index (χ1n) is 8.77. The zero-order valence-electron chi connectivity index (χ0n) is 13.1. The van der Waals surface area contributed by atoms with Crippen molar-refractivity contribution in [2.24, 2.45) is 0 Å². The van der Waals surface area contributed by atoms with Crippen LogP contribution in [-0.2, 0) is 6.54 Å². The third-order valence-corrected chi connectivity index (χ3v) is 5.54. The summed E-state index contributed by atoms with van der Waals surface area (Å²) in [6.07, 6.45) is 12.6. The van der Waals surface area contributed by atoms with E-state index in [1.807, 2.05) is 0 Å². The van der Waals surface area contributed by atoms with Gasteiger partial charge in [-0.15, -0.1) is 0 Å². The van der Waals surface area contributed by atoms with Crippen LogP contribution in [0.1, 0.15) is 75.4 Å². The van der Waals surface area contributed by atoms with Gasteiger partial charge in [0, 0.05) is 18.0 Å². The van der Waals surface area contributed by atoms with Crippen molar-refractivity contribution in [1.82, 2.24) is 15.2 Å². The predicted octanol–water partition coefficient (Wildman–Crippen LogP) is 3.56. The second-order valence-electron chi connectivity index (χ2n) is 7.14. The first-order valence-corrected chi connectivity index (χ1v) is 8.77. The SMILES string of the molecule is O=C(NCc1cnc(C2CC2)o1)N1CCCC12CCCCC2. The van der Waals surface area contributed by atoms with Crippen molar-refractivity contribution in [3.8, 4) is 0 Å². The number of carbonyl (C=O) groups is 1. The zero-order chi connectivity index (χ0) is 15.0. The fraction of sp³-hybridized carbons (Fsp3) is 0.765. The molecular weight excluding hydrogens is 278 g/mol. The van der Waals surface area contributed by atoms with E-state index >= 15 is 0 Å². The molecule has 3 aliphatic rings. The Bertz CT molecular complexity index is 544. The molecule has 5 nitrogen and oxygen atoms in total. The number of hydrogen-bond acceptors (Lipinski definition) is 3. The second kappa shape index (κ2) is 5.60. The molecule has 2 saturated carbocycles. The molecule has 2 amide bonds. The standard InChI is InChI=1S/C17H25N3O2/c21-16(19-12-14-11-18-15(22-14)13-5-6-13)20-10-4-9-17(20)7-2-1-3-8-17/h11,13H,1-10,12H2,(H,19,21). The fourth-order valence-electron chi connectivity index (χ4n) is 4.17. The lowest BCUT2D eigenvalue weighted by molar-refractivity contribution is 0.112. The first-order chi connectivity index (χ1) is 10.8. The Morgan fingerprint density at radius 2 is 2.05 bits per heavy atom. The van der Waals surface area contributed by atoms with E-state index in [2.05, 4.69) is 15.2 Å². The number of aromatic nitrogens is 1. The van der Waals surface area contributed by atoms with E-state index in [1.165, 1.54) is 51.4 Å².